The van der Waals surface area contributed by atoms with E-state index in [-0.39, 0.29) is 0 Å². The van der Waals surface area contributed by atoms with E-state index in [4.69, 9.17) is 14.0 Å². The Bertz CT molecular complexity index is 925. The Morgan fingerprint density at radius 3 is 2.62 bits per heavy atom. The van der Waals surface area contributed by atoms with Crippen molar-refractivity contribution < 1.29 is 18.8 Å². The molecule has 156 valence electrons. The summed E-state index contributed by atoms with van der Waals surface area (Å²) in [7, 11) is 3.75. The van der Waals surface area contributed by atoms with Gasteiger partial charge in [0, 0.05) is 29.6 Å². The van der Waals surface area contributed by atoms with Crippen molar-refractivity contribution in [1.82, 2.24) is 15.4 Å². The highest BCUT2D eigenvalue weighted by molar-refractivity contribution is 5.88. The number of carbonyl (C=O) groups is 1. The van der Waals surface area contributed by atoms with E-state index in [1.807, 2.05) is 33.2 Å². The minimum atomic E-state index is -0.811. The summed E-state index contributed by atoms with van der Waals surface area (Å²) in [5, 5.41) is 17.1. The molecule has 0 bridgehead atoms. The second-order valence-corrected chi connectivity index (χ2v) is 7.47. The fourth-order valence-corrected chi connectivity index (χ4v) is 3.82. The van der Waals surface area contributed by atoms with Crippen LogP contribution in [0.25, 0.3) is 22.3 Å². The molecular weight excluding hydrogens is 370 g/mol. The van der Waals surface area contributed by atoms with E-state index in [9.17, 15) is 4.79 Å². The monoisotopic (exact) mass is 399 g/mol. The molecule has 2 aromatic heterocycles. The molecule has 7 heteroatoms. The Morgan fingerprint density at radius 1 is 1.28 bits per heavy atom. The number of aromatic nitrogens is 1. The van der Waals surface area contributed by atoms with Gasteiger partial charge in [0.05, 0.1) is 12.0 Å². The average Bonchev–Trinajstić information content (AvgIpc) is 3.38. The molecule has 0 saturated carbocycles. The maximum Gasteiger partial charge on any atom is 0.407 e. The van der Waals surface area contributed by atoms with Gasteiger partial charge in [-0.2, -0.15) is 0 Å². The molecule has 3 aromatic rings. The van der Waals surface area contributed by atoms with E-state index in [1.165, 1.54) is 4.90 Å². The molecule has 1 amide bonds. The van der Waals surface area contributed by atoms with Crippen molar-refractivity contribution in [3.8, 4) is 11.3 Å². The predicted molar refractivity (Wildman–Crippen MR) is 112 cm³/mol. The summed E-state index contributed by atoms with van der Waals surface area (Å²) < 4.78 is 11.1. The third kappa shape index (κ3) is 4.79. The summed E-state index contributed by atoms with van der Waals surface area (Å²) >= 11 is 0. The van der Waals surface area contributed by atoms with E-state index in [0.717, 1.165) is 59.2 Å². The molecule has 1 aliphatic heterocycles. The van der Waals surface area contributed by atoms with Crippen LogP contribution >= 0.6 is 0 Å². The van der Waals surface area contributed by atoms with E-state index >= 15 is 0 Å². The lowest BCUT2D eigenvalue weighted by Crippen LogP contribution is -2.37. The quantitative estimate of drug-likeness (QED) is 0.668. The van der Waals surface area contributed by atoms with Crippen LogP contribution in [-0.2, 0) is 6.42 Å². The number of amides is 1. The van der Waals surface area contributed by atoms with E-state index in [1.54, 1.807) is 6.26 Å². The minimum Gasteiger partial charge on any atom is -0.465 e. The lowest BCUT2D eigenvalue weighted by Gasteiger charge is -2.29. The van der Waals surface area contributed by atoms with Gasteiger partial charge in [-0.1, -0.05) is 11.2 Å². The first kappa shape index (κ1) is 20.9. The molecule has 1 saturated heterocycles. The molecule has 2 N–H and O–H groups in total. The number of furan rings is 1. The summed E-state index contributed by atoms with van der Waals surface area (Å²) in [5.41, 5.74) is 3.85. The highest BCUT2D eigenvalue weighted by Crippen LogP contribution is 2.32. The van der Waals surface area contributed by atoms with Crippen molar-refractivity contribution in [2.45, 2.75) is 32.6 Å². The molecular formula is C22H29N3O4. The first-order valence-corrected chi connectivity index (χ1v) is 10.0. The molecule has 1 aromatic carbocycles. The molecule has 3 heterocycles. The molecule has 1 fully saturated rings. The number of rotatable bonds is 4. The van der Waals surface area contributed by atoms with Crippen LogP contribution in [0, 0.1) is 12.8 Å². The maximum absolute atomic E-state index is 11.0. The first-order valence-electron chi connectivity index (χ1n) is 10.0. The Kier molecular flexibility index (Phi) is 6.93. The molecule has 0 spiro atoms. The Labute approximate surface area is 170 Å². The van der Waals surface area contributed by atoms with Crippen molar-refractivity contribution >= 4 is 17.1 Å². The highest BCUT2D eigenvalue weighted by Gasteiger charge is 2.23. The zero-order chi connectivity index (χ0) is 20.8. The number of fused-ring (bicyclic) bond motifs is 1. The molecule has 29 heavy (non-hydrogen) atoms. The van der Waals surface area contributed by atoms with Gasteiger partial charge in [0.1, 0.15) is 5.76 Å². The smallest absolute Gasteiger partial charge is 0.407 e. The van der Waals surface area contributed by atoms with Crippen LogP contribution in [-0.4, -0.2) is 48.4 Å². The number of carboxylic acid groups (broad SMARTS) is 1. The number of piperidine rings is 1. The van der Waals surface area contributed by atoms with Crippen LogP contribution in [0.15, 0.2) is 39.5 Å². The topological polar surface area (TPSA) is 91.7 Å². The van der Waals surface area contributed by atoms with Crippen molar-refractivity contribution in [2.75, 3.05) is 27.2 Å². The molecule has 1 aliphatic rings. The van der Waals surface area contributed by atoms with Gasteiger partial charge in [-0.15, -0.1) is 0 Å². The van der Waals surface area contributed by atoms with Crippen LogP contribution < -0.4 is 5.32 Å². The molecule has 0 radical (unpaired) electrons. The number of nitrogens with zero attached hydrogens (tertiary/aromatic N) is 2. The Hall–Kier alpha value is -2.80. The van der Waals surface area contributed by atoms with Gasteiger partial charge in [0.25, 0.3) is 0 Å². The predicted octanol–water partition coefficient (Wildman–Crippen LogP) is 4.55. The third-order valence-electron chi connectivity index (χ3n) is 5.42. The molecule has 0 atom stereocenters. The second kappa shape index (κ2) is 9.60. The number of hydrogen-bond donors (Lipinski definition) is 2. The Balaban J connectivity index is 0.000000755. The zero-order valence-corrected chi connectivity index (χ0v) is 17.3. The summed E-state index contributed by atoms with van der Waals surface area (Å²) in [6, 6.07) is 7.93. The maximum atomic E-state index is 11.0. The van der Waals surface area contributed by atoms with Crippen molar-refractivity contribution in [1.29, 1.82) is 0 Å². The number of nitrogens with one attached hydrogen (secondary N) is 1. The summed E-state index contributed by atoms with van der Waals surface area (Å²) in [4.78, 5) is 12.5. The fraction of sp³-hybridized carbons (Fsp3) is 0.455. The van der Waals surface area contributed by atoms with Crippen LogP contribution in [0.5, 0.6) is 0 Å². The van der Waals surface area contributed by atoms with E-state index < -0.39 is 6.09 Å². The SMILES string of the molecule is CNC.Cc1c(-c2ccco2)ccc2c(CCC3CCN(C(=O)O)CC3)noc12. The normalized spacial score (nSPS) is 14.7. The summed E-state index contributed by atoms with van der Waals surface area (Å²) in [6.07, 6.45) is 4.56. The van der Waals surface area contributed by atoms with Crippen molar-refractivity contribution in [3.63, 3.8) is 0 Å². The minimum absolute atomic E-state index is 0.542. The Morgan fingerprint density at radius 2 is 2.00 bits per heavy atom. The number of aryl methyl sites for hydroxylation is 2. The van der Waals surface area contributed by atoms with Crippen LogP contribution in [0.4, 0.5) is 4.79 Å². The van der Waals surface area contributed by atoms with Crippen LogP contribution in [0.1, 0.15) is 30.5 Å². The van der Waals surface area contributed by atoms with Gasteiger partial charge in [0.2, 0.25) is 0 Å². The fourth-order valence-electron chi connectivity index (χ4n) is 3.82. The largest absolute Gasteiger partial charge is 0.465 e. The highest BCUT2D eigenvalue weighted by atomic mass is 16.5. The third-order valence-corrected chi connectivity index (χ3v) is 5.42. The summed E-state index contributed by atoms with van der Waals surface area (Å²) in [5.74, 6) is 1.37. The van der Waals surface area contributed by atoms with Gasteiger partial charge in [-0.25, -0.2) is 4.79 Å². The molecule has 4 rings (SSSR count). The second-order valence-electron chi connectivity index (χ2n) is 7.47. The standard InChI is InChI=1S/C20H22N2O4.C2H7N/c1-13-15(18-3-2-12-25-18)5-6-16-17(21-26-19(13)16)7-4-14-8-10-22(11-9-14)20(23)24;1-3-2/h2-3,5-6,12,14H,4,7-11H2,1H3,(H,23,24);3H,1-2H3. The molecule has 0 unspecified atom stereocenters. The first-order chi connectivity index (χ1) is 14.0. The van der Waals surface area contributed by atoms with Gasteiger partial charge < -0.3 is 24.3 Å². The van der Waals surface area contributed by atoms with Crippen LogP contribution in [0.2, 0.25) is 0 Å². The van der Waals surface area contributed by atoms with Crippen LogP contribution in [0.3, 0.4) is 0 Å². The van der Waals surface area contributed by atoms with Gasteiger partial charge >= 0.3 is 6.09 Å². The van der Waals surface area contributed by atoms with Gasteiger partial charge in [-0.3, -0.25) is 0 Å². The molecule has 0 aliphatic carbocycles. The van der Waals surface area contributed by atoms with E-state index in [2.05, 4.69) is 22.6 Å². The van der Waals surface area contributed by atoms with Crippen molar-refractivity contribution in [3.05, 3.63) is 41.8 Å². The number of likely N-dealkylation sites (tertiary alicyclic amines) is 1. The lowest BCUT2D eigenvalue weighted by molar-refractivity contribution is 0.123. The van der Waals surface area contributed by atoms with Crippen molar-refractivity contribution in [2.24, 2.45) is 5.92 Å². The summed E-state index contributed by atoms with van der Waals surface area (Å²) in [6.45, 7) is 3.28. The van der Waals surface area contributed by atoms with Gasteiger partial charge in [0.15, 0.2) is 5.58 Å². The van der Waals surface area contributed by atoms with E-state index in [0.29, 0.717) is 19.0 Å². The number of benzene rings is 1. The number of hydrogen-bond acceptors (Lipinski definition) is 5. The lowest BCUT2D eigenvalue weighted by atomic mass is 9.91. The van der Waals surface area contributed by atoms with Gasteiger partial charge in [-0.05, 0) is 70.8 Å². The zero-order valence-electron chi connectivity index (χ0n) is 17.3. The average molecular weight is 399 g/mol. The molecule has 7 nitrogen and oxygen atoms in total.